The molecule has 1 N–H and O–H groups in total. The number of nitrogens with one attached hydrogen (secondary N) is 1. The summed E-state index contributed by atoms with van der Waals surface area (Å²) in [6.07, 6.45) is 1.02. The Morgan fingerprint density at radius 3 is 2.86 bits per heavy atom. The maximum Gasteiger partial charge on any atom is 0.231 e. The third-order valence-electron chi connectivity index (χ3n) is 2.10. The molecule has 1 aromatic rings. The summed E-state index contributed by atoms with van der Waals surface area (Å²) in [5.41, 5.74) is 1.28. The quantitative estimate of drug-likeness (QED) is 0.898. The molecule has 0 saturated carbocycles. The molecule has 3 nitrogen and oxygen atoms in total. The number of ether oxygens (including phenoxy) is 2. The van der Waals surface area contributed by atoms with Crippen molar-refractivity contribution in [3.8, 4) is 11.5 Å². The lowest BCUT2D eigenvalue weighted by Gasteiger charge is -2.01. The summed E-state index contributed by atoms with van der Waals surface area (Å²) in [7, 11) is 1.95. The molecular formula is C10H14BrNO2. The SMILES string of the molecule is Br.CNCCc1ccc2c(c1)OCO2. The minimum Gasteiger partial charge on any atom is -0.454 e. The Morgan fingerprint density at radius 2 is 2.07 bits per heavy atom. The first-order chi connectivity index (χ1) is 6.40. The van der Waals surface area contributed by atoms with Gasteiger partial charge in [-0.25, -0.2) is 0 Å². The second-order valence-electron chi connectivity index (χ2n) is 3.04. The van der Waals surface area contributed by atoms with Crippen LogP contribution in [0.5, 0.6) is 11.5 Å². The molecule has 1 aliphatic heterocycles. The minimum absolute atomic E-state index is 0. The molecule has 2 rings (SSSR count). The van der Waals surface area contributed by atoms with Gasteiger partial charge in [0.1, 0.15) is 0 Å². The van der Waals surface area contributed by atoms with E-state index in [2.05, 4.69) is 11.4 Å². The highest BCUT2D eigenvalue weighted by Gasteiger charge is 2.12. The van der Waals surface area contributed by atoms with E-state index in [1.165, 1.54) is 5.56 Å². The van der Waals surface area contributed by atoms with E-state index in [1.54, 1.807) is 0 Å². The highest BCUT2D eigenvalue weighted by atomic mass is 79.9. The molecule has 14 heavy (non-hydrogen) atoms. The van der Waals surface area contributed by atoms with Crippen LogP contribution in [0, 0.1) is 0 Å². The zero-order valence-corrected chi connectivity index (χ0v) is 9.79. The molecule has 0 saturated heterocycles. The summed E-state index contributed by atoms with van der Waals surface area (Å²) >= 11 is 0. The molecule has 0 radical (unpaired) electrons. The fraction of sp³-hybridized carbons (Fsp3) is 0.400. The third-order valence-corrected chi connectivity index (χ3v) is 2.10. The molecule has 0 spiro atoms. The van der Waals surface area contributed by atoms with Gasteiger partial charge in [0.15, 0.2) is 11.5 Å². The number of hydrogen-bond acceptors (Lipinski definition) is 3. The molecule has 78 valence electrons. The molecule has 4 heteroatoms. The second-order valence-corrected chi connectivity index (χ2v) is 3.04. The Balaban J connectivity index is 0.000000980. The Morgan fingerprint density at radius 1 is 1.29 bits per heavy atom. The van der Waals surface area contributed by atoms with Gasteiger partial charge in [0.2, 0.25) is 6.79 Å². The van der Waals surface area contributed by atoms with Crippen LogP contribution in [-0.2, 0) is 6.42 Å². The van der Waals surface area contributed by atoms with Crippen molar-refractivity contribution in [3.63, 3.8) is 0 Å². The average molecular weight is 260 g/mol. The zero-order chi connectivity index (χ0) is 9.10. The van der Waals surface area contributed by atoms with E-state index < -0.39 is 0 Å². The molecule has 0 amide bonds. The van der Waals surface area contributed by atoms with Crippen LogP contribution in [0.4, 0.5) is 0 Å². The fourth-order valence-electron chi connectivity index (χ4n) is 1.37. The van der Waals surface area contributed by atoms with E-state index in [0.717, 1.165) is 24.5 Å². The Hall–Kier alpha value is -0.740. The van der Waals surface area contributed by atoms with Gasteiger partial charge >= 0.3 is 0 Å². The van der Waals surface area contributed by atoms with Gasteiger partial charge in [-0.2, -0.15) is 0 Å². The lowest BCUT2D eigenvalue weighted by molar-refractivity contribution is 0.174. The summed E-state index contributed by atoms with van der Waals surface area (Å²) in [6, 6.07) is 6.08. The molecule has 1 aromatic carbocycles. The van der Waals surface area contributed by atoms with Gasteiger partial charge in [0.05, 0.1) is 0 Å². The summed E-state index contributed by atoms with van der Waals surface area (Å²) in [4.78, 5) is 0. The molecule has 1 heterocycles. The lowest BCUT2D eigenvalue weighted by atomic mass is 10.1. The van der Waals surface area contributed by atoms with Crippen molar-refractivity contribution in [1.29, 1.82) is 0 Å². The minimum atomic E-state index is 0. The molecular weight excluding hydrogens is 246 g/mol. The van der Waals surface area contributed by atoms with E-state index in [9.17, 15) is 0 Å². The predicted octanol–water partition coefficient (Wildman–Crippen LogP) is 1.76. The highest BCUT2D eigenvalue weighted by molar-refractivity contribution is 8.93. The van der Waals surface area contributed by atoms with Gasteiger partial charge in [0.25, 0.3) is 0 Å². The van der Waals surface area contributed by atoms with Crippen LogP contribution < -0.4 is 14.8 Å². The summed E-state index contributed by atoms with van der Waals surface area (Å²) < 4.78 is 10.5. The molecule has 0 bridgehead atoms. The van der Waals surface area contributed by atoms with Crippen LogP contribution in [0.3, 0.4) is 0 Å². The van der Waals surface area contributed by atoms with Crippen molar-refractivity contribution >= 4 is 17.0 Å². The van der Waals surface area contributed by atoms with E-state index in [1.807, 2.05) is 19.2 Å². The summed E-state index contributed by atoms with van der Waals surface area (Å²) in [6.45, 7) is 1.34. The first-order valence-electron chi connectivity index (χ1n) is 4.43. The number of halogens is 1. The summed E-state index contributed by atoms with van der Waals surface area (Å²) in [5.74, 6) is 1.72. The number of hydrogen-bond donors (Lipinski definition) is 1. The predicted molar refractivity (Wildman–Crippen MR) is 60.5 cm³/mol. The van der Waals surface area contributed by atoms with E-state index in [0.29, 0.717) is 6.79 Å². The van der Waals surface area contributed by atoms with Crippen molar-refractivity contribution in [2.45, 2.75) is 6.42 Å². The molecule has 0 unspecified atom stereocenters. The van der Waals surface area contributed by atoms with Crippen LogP contribution in [0.2, 0.25) is 0 Å². The molecule has 0 fully saturated rings. The van der Waals surface area contributed by atoms with Crippen LogP contribution in [0.15, 0.2) is 18.2 Å². The number of rotatable bonds is 3. The van der Waals surface area contributed by atoms with Crippen molar-refractivity contribution in [1.82, 2.24) is 5.32 Å². The number of fused-ring (bicyclic) bond motifs is 1. The maximum atomic E-state index is 5.28. The van der Waals surface area contributed by atoms with Gasteiger partial charge in [-0.15, -0.1) is 17.0 Å². The maximum absolute atomic E-state index is 5.28. The van der Waals surface area contributed by atoms with Crippen LogP contribution in [0.1, 0.15) is 5.56 Å². The smallest absolute Gasteiger partial charge is 0.231 e. The van der Waals surface area contributed by atoms with Gasteiger partial charge < -0.3 is 14.8 Å². The van der Waals surface area contributed by atoms with Crippen molar-refractivity contribution in [2.75, 3.05) is 20.4 Å². The zero-order valence-electron chi connectivity index (χ0n) is 8.08. The first kappa shape index (κ1) is 11.3. The van der Waals surface area contributed by atoms with Crippen LogP contribution >= 0.6 is 17.0 Å². The number of benzene rings is 1. The number of likely N-dealkylation sites (N-methyl/N-ethyl adjacent to an activating group) is 1. The van der Waals surface area contributed by atoms with E-state index in [4.69, 9.17) is 9.47 Å². The van der Waals surface area contributed by atoms with E-state index >= 15 is 0 Å². The molecule has 0 aliphatic carbocycles. The van der Waals surface area contributed by atoms with Crippen molar-refractivity contribution in [3.05, 3.63) is 23.8 Å². The summed E-state index contributed by atoms with van der Waals surface area (Å²) in [5, 5.41) is 3.11. The average Bonchev–Trinajstić information content (AvgIpc) is 2.61. The van der Waals surface area contributed by atoms with Crippen LogP contribution in [0.25, 0.3) is 0 Å². The Labute approximate surface area is 94.2 Å². The van der Waals surface area contributed by atoms with Crippen molar-refractivity contribution in [2.24, 2.45) is 0 Å². The highest BCUT2D eigenvalue weighted by Crippen LogP contribution is 2.32. The normalized spacial score (nSPS) is 12.4. The van der Waals surface area contributed by atoms with E-state index in [-0.39, 0.29) is 17.0 Å². The Kier molecular flexibility index (Phi) is 4.22. The Bertz CT molecular complexity index is 304. The molecule has 1 aliphatic rings. The standard InChI is InChI=1S/C10H13NO2.BrH/c1-11-5-4-8-2-3-9-10(6-8)13-7-12-9;/h2-3,6,11H,4-5,7H2,1H3;1H. The first-order valence-corrected chi connectivity index (χ1v) is 4.43. The van der Waals surface area contributed by atoms with Gasteiger partial charge in [-0.3, -0.25) is 0 Å². The third kappa shape index (κ3) is 2.39. The largest absolute Gasteiger partial charge is 0.454 e. The van der Waals surface area contributed by atoms with Gasteiger partial charge in [-0.05, 0) is 37.7 Å². The fourth-order valence-corrected chi connectivity index (χ4v) is 1.37. The van der Waals surface area contributed by atoms with Gasteiger partial charge in [0, 0.05) is 0 Å². The van der Waals surface area contributed by atoms with Crippen molar-refractivity contribution < 1.29 is 9.47 Å². The molecule has 0 aromatic heterocycles. The monoisotopic (exact) mass is 259 g/mol. The molecule has 0 atom stereocenters. The topological polar surface area (TPSA) is 30.5 Å². The van der Waals surface area contributed by atoms with Crippen LogP contribution in [-0.4, -0.2) is 20.4 Å². The second kappa shape index (κ2) is 5.22. The lowest BCUT2D eigenvalue weighted by Crippen LogP contribution is -2.10. The van der Waals surface area contributed by atoms with Gasteiger partial charge in [-0.1, -0.05) is 6.07 Å².